The van der Waals surface area contributed by atoms with Crippen LogP contribution in [0.25, 0.3) is 10.9 Å². The van der Waals surface area contributed by atoms with Crippen LogP contribution in [-0.2, 0) is 0 Å². The quantitative estimate of drug-likeness (QED) is 0.547. The van der Waals surface area contributed by atoms with E-state index < -0.39 is 0 Å². The summed E-state index contributed by atoms with van der Waals surface area (Å²) in [6.07, 6.45) is 0. The molecular weight excluding hydrogens is 201 g/mol. The molecule has 0 unspecified atom stereocenters. The Labute approximate surface area is 110 Å². The van der Waals surface area contributed by atoms with E-state index in [4.69, 9.17) is 4.74 Å². The summed E-state index contributed by atoms with van der Waals surface area (Å²) in [6.45, 7) is 1.89. The summed E-state index contributed by atoms with van der Waals surface area (Å²) in [7, 11) is 1.57. The maximum Gasteiger partial charge on any atom is 1.00 e. The van der Waals surface area contributed by atoms with Gasteiger partial charge in [0, 0.05) is 5.39 Å². The van der Waals surface area contributed by atoms with Crippen molar-refractivity contribution in [1.82, 2.24) is 4.98 Å². The molecule has 0 spiro atoms. The molecule has 0 bridgehead atoms. The van der Waals surface area contributed by atoms with Crippen LogP contribution in [-0.4, -0.2) is 12.1 Å². The molecule has 0 aliphatic rings. The average Bonchev–Trinajstić information content (AvgIpc) is 2.17. The standard InChI is InChI=1S/C11H11NO2.Na/c1-7-6-10(13)12-11-8(7)4-3-5-9(11)14-2;/h3-6H,1-2H3,(H,12,13);/q;+1/p-1. The predicted molar refractivity (Wildman–Crippen MR) is 52.5 cm³/mol. The number of hydrogen-bond donors (Lipinski definition) is 0. The third-order valence-electron chi connectivity index (χ3n) is 2.21. The van der Waals surface area contributed by atoms with E-state index in [2.05, 4.69) is 4.98 Å². The van der Waals surface area contributed by atoms with E-state index in [1.54, 1.807) is 13.2 Å². The van der Waals surface area contributed by atoms with Crippen LogP contribution in [0.2, 0.25) is 0 Å². The Morgan fingerprint density at radius 2 is 2.07 bits per heavy atom. The van der Waals surface area contributed by atoms with Crippen LogP contribution in [0, 0.1) is 6.92 Å². The topological polar surface area (TPSA) is 45.2 Å². The molecule has 0 N–H and O–H groups in total. The molecule has 1 heterocycles. The fourth-order valence-electron chi connectivity index (χ4n) is 1.53. The van der Waals surface area contributed by atoms with Crippen molar-refractivity contribution >= 4 is 10.9 Å². The Morgan fingerprint density at radius 1 is 1.33 bits per heavy atom. The van der Waals surface area contributed by atoms with Crippen LogP contribution in [0.1, 0.15) is 5.56 Å². The number of rotatable bonds is 1. The zero-order valence-corrected chi connectivity index (χ0v) is 11.1. The minimum absolute atomic E-state index is 0. The number of pyridine rings is 1. The Kier molecular flexibility index (Phi) is 3.97. The van der Waals surface area contributed by atoms with E-state index in [-0.39, 0.29) is 35.4 Å². The van der Waals surface area contributed by atoms with E-state index >= 15 is 0 Å². The number of aromatic nitrogens is 1. The second-order valence-corrected chi connectivity index (χ2v) is 3.13. The molecule has 3 nitrogen and oxygen atoms in total. The fraction of sp³-hybridized carbons (Fsp3) is 0.182. The summed E-state index contributed by atoms with van der Waals surface area (Å²) in [5.74, 6) is 0.419. The number of aryl methyl sites for hydroxylation is 1. The SMILES string of the molecule is COc1cccc2c(C)cc([O-])nc12.[Na+]. The molecule has 4 heteroatoms. The third-order valence-corrected chi connectivity index (χ3v) is 2.21. The molecule has 0 saturated heterocycles. The number of nitrogens with zero attached hydrogens (tertiary/aromatic N) is 1. The summed E-state index contributed by atoms with van der Waals surface area (Å²) >= 11 is 0. The van der Waals surface area contributed by atoms with E-state index in [1.807, 2.05) is 19.1 Å². The van der Waals surface area contributed by atoms with E-state index in [0.717, 1.165) is 10.9 Å². The van der Waals surface area contributed by atoms with Crippen LogP contribution in [0.3, 0.4) is 0 Å². The third kappa shape index (κ3) is 2.25. The fourth-order valence-corrected chi connectivity index (χ4v) is 1.53. The minimum Gasteiger partial charge on any atom is -0.859 e. The van der Waals surface area contributed by atoms with Crippen molar-refractivity contribution in [2.24, 2.45) is 0 Å². The summed E-state index contributed by atoms with van der Waals surface area (Å²) in [5, 5.41) is 12.2. The van der Waals surface area contributed by atoms with Gasteiger partial charge in [0.25, 0.3) is 0 Å². The predicted octanol–water partition coefficient (Wildman–Crippen LogP) is -1.37. The normalized spacial score (nSPS) is 9.73. The molecule has 72 valence electrons. The van der Waals surface area contributed by atoms with Crippen LogP contribution in [0.15, 0.2) is 24.3 Å². The van der Waals surface area contributed by atoms with Crippen molar-refractivity contribution in [1.29, 1.82) is 0 Å². The van der Waals surface area contributed by atoms with E-state index in [0.29, 0.717) is 11.3 Å². The van der Waals surface area contributed by atoms with Gasteiger partial charge in [0.05, 0.1) is 7.11 Å². The van der Waals surface area contributed by atoms with Gasteiger partial charge in [-0.1, -0.05) is 12.1 Å². The van der Waals surface area contributed by atoms with Crippen LogP contribution in [0.4, 0.5) is 0 Å². The number of para-hydroxylation sites is 1. The number of methoxy groups -OCH3 is 1. The summed E-state index contributed by atoms with van der Waals surface area (Å²) in [5.41, 5.74) is 1.57. The van der Waals surface area contributed by atoms with Gasteiger partial charge in [-0.25, -0.2) is 0 Å². The number of fused-ring (bicyclic) bond motifs is 1. The van der Waals surface area contributed by atoms with Gasteiger partial charge in [-0.05, 0) is 30.5 Å². The Bertz CT molecular complexity index is 485. The summed E-state index contributed by atoms with van der Waals surface area (Å²) in [4.78, 5) is 3.93. The maximum atomic E-state index is 11.2. The molecule has 0 amide bonds. The first-order chi connectivity index (χ1) is 6.72. The van der Waals surface area contributed by atoms with E-state index in [1.165, 1.54) is 6.07 Å². The van der Waals surface area contributed by atoms with Gasteiger partial charge in [-0.3, -0.25) is 4.98 Å². The van der Waals surface area contributed by atoms with Crippen LogP contribution < -0.4 is 39.4 Å². The number of ether oxygens (including phenoxy) is 1. The molecule has 1 aromatic carbocycles. The molecule has 2 rings (SSSR count). The molecule has 1 aromatic heterocycles. The van der Waals surface area contributed by atoms with Crippen molar-refractivity contribution in [3.63, 3.8) is 0 Å². The van der Waals surface area contributed by atoms with Gasteiger partial charge in [0.1, 0.15) is 11.3 Å². The first-order valence-electron chi connectivity index (χ1n) is 4.34. The average molecular weight is 211 g/mol. The number of hydrogen-bond acceptors (Lipinski definition) is 3. The first-order valence-corrected chi connectivity index (χ1v) is 4.34. The molecule has 0 fully saturated rings. The number of benzene rings is 1. The van der Waals surface area contributed by atoms with E-state index in [9.17, 15) is 5.11 Å². The smallest absolute Gasteiger partial charge is 0.859 e. The van der Waals surface area contributed by atoms with Crippen LogP contribution in [0.5, 0.6) is 11.6 Å². The van der Waals surface area contributed by atoms with Gasteiger partial charge in [-0.15, -0.1) is 0 Å². The second-order valence-electron chi connectivity index (χ2n) is 3.13. The Hall–Kier alpha value is -0.770. The first kappa shape index (κ1) is 12.3. The molecule has 0 radical (unpaired) electrons. The zero-order valence-electron chi connectivity index (χ0n) is 9.07. The maximum absolute atomic E-state index is 11.2. The minimum atomic E-state index is -0.223. The van der Waals surface area contributed by atoms with Crippen molar-refractivity contribution < 1.29 is 39.4 Å². The molecule has 0 aliphatic carbocycles. The monoisotopic (exact) mass is 211 g/mol. The molecule has 0 aliphatic heterocycles. The van der Waals surface area contributed by atoms with Crippen molar-refractivity contribution in [2.45, 2.75) is 6.92 Å². The zero-order chi connectivity index (χ0) is 10.1. The van der Waals surface area contributed by atoms with Gasteiger partial charge in [0.15, 0.2) is 0 Å². The molecule has 15 heavy (non-hydrogen) atoms. The largest absolute Gasteiger partial charge is 1.00 e. The molecule has 2 aromatic rings. The van der Waals surface area contributed by atoms with Crippen molar-refractivity contribution in [2.75, 3.05) is 7.11 Å². The van der Waals surface area contributed by atoms with Gasteiger partial charge in [0.2, 0.25) is 0 Å². The molecule has 0 saturated carbocycles. The van der Waals surface area contributed by atoms with Crippen molar-refractivity contribution in [3.8, 4) is 11.6 Å². The Balaban J connectivity index is 0.00000112. The Morgan fingerprint density at radius 3 is 2.73 bits per heavy atom. The van der Waals surface area contributed by atoms with Gasteiger partial charge >= 0.3 is 29.6 Å². The van der Waals surface area contributed by atoms with Gasteiger partial charge < -0.3 is 9.84 Å². The summed E-state index contributed by atoms with van der Waals surface area (Å²) < 4.78 is 5.14. The van der Waals surface area contributed by atoms with Crippen molar-refractivity contribution in [3.05, 3.63) is 29.8 Å². The second kappa shape index (κ2) is 4.84. The summed E-state index contributed by atoms with van der Waals surface area (Å²) in [6, 6.07) is 7.15. The van der Waals surface area contributed by atoms with Crippen LogP contribution >= 0.6 is 0 Å². The molecular formula is C11H10NNaO2. The van der Waals surface area contributed by atoms with Gasteiger partial charge in [-0.2, -0.15) is 0 Å². The molecule has 0 atom stereocenters.